The summed E-state index contributed by atoms with van der Waals surface area (Å²) < 4.78 is 5.24. The molecular weight excluding hydrogens is 360 g/mol. The van der Waals surface area contributed by atoms with Crippen molar-refractivity contribution in [2.75, 3.05) is 7.11 Å². The van der Waals surface area contributed by atoms with Crippen LogP contribution in [0, 0.1) is 11.3 Å². The Kier molecular flexibility index (Phi) is 4.77. The molecule has 154 valence electrons. The molecule has 3 atom stereocenters. The van der Waals surface area contributed by atoms with Gasteiger partial charge in [0.2, 0.25) is 0 Å². The number of benzene rings is 2. The first-order valence-electron chi connectivity index (χ1n) is 10.6. The number of methoxy groups -OCH3 is 1. The minimum Gasteiger partial charge on any atom is -0.508 e. The second-order valence-corrected chi connectivity index (χ2v) is 9.78. The molecule has 2 aromatic rings. The van der Waals surface area contributed by atoms with Crippen LogP contribution < -0.4 is 4.74 Å². The van der Waals surface area contributed by atoms with Crippen molar-refractivity contribution in [2.24, 2.45) is 11.3 Å². The Morgan fingerprint density at radius 2 is 1.72 bits per heavy atom. The van der Waals surface area contributed by atoms with Gasteiger partial charge in [-0.3, -0.25) is 0 Å². The summed E-state index contributed by atoms with van der Waals surface area (Å²) in [5, 5.41) is 22.1. The summed E-state index contributed by atoms with van der Waals surface area (Å²) >= 11 is 0. The molecule has 0 radical (unpaired) electrons. The standard InChI is InChI=1S/C26H32O3/c1-24(2)13-5-14-25(3)22-16-19(27)8-11-21(22)26(28,17-23(24)25)15-12-18-6-9-20(29-4)10-7-18/h6-12,15-16,23,27-28H,5,13-14,17H2,1-4H3/b15-12+/t23-,25+,26-/m1/s1. The van der Waals surface area contributed by atoms with E-state index in [1.54, 1.807) is 13.2 Å². The Balaban J connectivity index is 1.80. The Labute approximate surface area is 174 Å². The molecule has 0 amide bonds. The monoisotopic (exact) mass is 392 g/mol. The smallest absolute Gasteiger partial charge is 0.118 e. The van der Waals surface area contributed by atoms with Crippen LogP contribution in [0.5, 0.6) is 11.5 Å². The number of hydrogen-bond acceptors (Lipinski definition) is 3. The van der Waals surface area contributed by atoms with Crippen LogP contribution in [0.4, 0.5) is 0 Å². The van der Waals surface area contributed by atoms with E-state index in [1.165, 1.54) is 12.8 Å². The number of rotatable bonds is 3. The average molecular weight is 393 g/mol. The van der Waals surface area contributed by atoms with Gasteiger partial charge >= 0.3 is 0 Å². The highest BCUT2D eigenvalue weighted by Gasteiger charge is 2.55. The Morgan fingerprint density at radius 3 is 2.41 bits per heavy atom. The van der Waals surface area contributed by atoms with Crippen molar-refractivity contribution in [3.8, 4) is 11.5 Å². The normalized spacial score (nSPS) is 30.6. The first-order valence-corrected chi connectivity index (χ1v) is 10.6. The van der Waals surface area contributed by atoms with Gasteiger partial charge in [-0.2, -0.15) is 0 Å². The molecule has 0 unspecified atom stereocenters. The third-order valence-electron chi connectivity index (χ3n) is 7.50. The molecule has 2 N–H and O–H groups in total. The molecular formula is C26H32O3. The number of aliphatic hydroxyl groups is 1. The highest BCUT2D eigenvalue weighted by molar-refractivity contribution is 5.56. The summed E-state index contributed by atoms with van der Waals surface area (Å²) in [4.78, 5) is 0. The zero-order chi connectivity index (χ0) is 20.9. The number of phenolic OH excluding ortho intramolecular Hbond substituents is 1. The lowest BCUT2D eigenvalue weighted by Crippen LogP contribution is -2.52. The third kappa shape index (κ3) is 3.36. The largest absolute Gasteiger partial charge is 0.508 e. The fourth-order valence-electron chi connectivity index (χ4n) is 5.86. The van der Waals surface area contributed by atoms with Crippen molar-refractivity contribution >= 4 is 6.08 Å². The summed E-state index contributed by atoms with van der Waals surface area (Å²) in [6.45, 7) is 6.98. The van der Waals surface area contributed by atoms with E-state index in [0.29, 0.717) is 12.3 Å². The van der Waals surface area contributed by atoms with Gasteiger partial charge in [0.05, 0.1) is 7.11 Å². The molecule has 1 saturated carbocycles. The highest BCUT2D eigenvalue weighted by Crippen LogP contribution is 2.61. The zero-order valence-electron chi connectivity index (χ0n) is 17.9. The molecule has 0 aromatic heterocycles. The van der Waals surface area contributed by atoms with Gasteiger partial charge in [0, 0.05) is 0 Å². The SMILES string of the molecule is COc1ccc(/C=C/[C@@]2(O)C[C@@H]3C(C)(C)CCC[C@@]3(C)c3cc(O)ccc32)cc1. The van der Waals surface area contributed by atoms with E-state index < -0.39 is 5.60 Å². The maximum atomic E-state index is 11.9. The second kappa shape index (κ2) is 6.91. The van der Waals surface area contributed by atoms with Crippen molar-refractivity contribution in [2.45, 2.75) is 57.5 Å². The molecule has 0 aliphatic heterocycles. The van der Waals surface area contributed by atoms with Crippen LogP contribution in [-0.4, -0.2) is 17.3 Å². The van der Waals surface area contributed by atoms with Gasteiger partial charge in [0.15, 0.2) is 0 Å². The molecule has 2 aromatic carbocycles. The fraction of sp³-hybridized carbons (Fsp3) is 0.462. The lowest BCUT2D eigenvalue weighted by Gasteiger charge is -2.57. The van der Waals surface area contributed by atoms with Gasteiger partial charge in [-0.05, 0) is 83.0 Å². The Bertz CT molecular complexity index is 927. The van der Waals surface area contributed by atoms with E-state index in [0.717, 1.165) is 28.9 Å². The van der Waals surface area contributed by atoms with Gasteiger partial charge in [-0.1, -0.05) is 51.5 Å². The maximum absolute atomic E-state index is 11.9. The Hall–Kier alpha value is -2.26. The highest BCUT2D eigenvalue weighted by atomic mass is 16.5. The van der Waals surface area contributed by atoms with Gasteiger partial charge in [0.1, 0.15) is 17.1 Å². The molecule has 0 spiro atoms. The van der Waals surface area contributed by atoms with Gasteiger partial charge in [0.25, 0.3) is 0 Å². The molecule has 0 bridgehead atoms. The average Bonchev–Trinajstić information content (AvgIpc) is 2.69. The quantitative estimate of drug-likeness (QED) is 0.695. The minimum absolute atomic E-state index is 0.0317. The molecule has 4 rings (SSSR count). The number of fused-ring (bicyclic) bond motifs is 3. The first-order chi connectivity index (χ1) is 13.7. The topological polar surface area (TPSA) is 49.7 Å². The van der Waals surface area contributed by atoms with Crippen LogP contribution in [0.3, 0.4) is 0 Å². The van der Waals surface area contributed by atoms with Crippen LogP contribution in [-0.2, 0) is 11.0 Å². The molecule has 2 aliphatic rings. The molecule has 0 saturated heterocycles. The maximum Gasteiger partial charge on any atom is 0.118 e. The van der Waals surface area contributed by atoms with Crippen LogP contribution in [0.1, 0.15) is 63.1 Å². The minimum atomic E-state index is -1.05. The number of ether oxygens (including phenoxy) is 1. The summed E-state index contributed by atoms with van der Waals surface area (Å²) in [6, 6.07) is 13.3. The lowest BCUT2D eigenvalue weighted by molar-refractivity contribution is -0.0414. The van der Waals surface area contributed by atoms with Crippen molar-refractivity contribution in [3.63, 3.8) is 0 Å². The van der Waals surface area contributed by atoms with Crippen molar-refractivity contribution in [1.82, 2.24) is 0 Å². The van der Waals surface area contributed by atoms with Crippen LogP contribution in [0.25, 0.3) is 6.08 Å². The lowest BCUT2D eigenvalue weighted by atomic mass is 9.48. The van der Waals surface area contributed by atoms with E-state index in [1.807, 2.05) is 48.6 Å². The van der Waals surface area contributed by atoms with E-state index in [9.17, 15) is 10.2 Å². The molecule has 3 nitrogen and oxygen atoms in total. The molecule has 3 heteroatoms. The van der Waals surface area contributed by atoms with Gasteiger partial charge in [-0.25, -0.2) is 0 Å². The molecule has 1 fully saturated rings. The van der Waals surface area contributed by atoms with E-state index in [-0.39, 0.29) is 16.6 Å². The second-order valence-electron chi connectivity index (χ2n) is 9.78. The predicted molar refractivity (Wildman–Crippen MR) is 117 cm³/mol. The zero-order valence-corrected chi connectivity index (χ0v) is 17.9. The molecule has 2 aliphatic carbocycles. The van der Waals surface area contributed by atoms with Gasteiger partial charge < -0.3 is 14.9 Å². The van der Waals surface area contributed by atoms with Crippen molar-refractivity contribution in [1.29, 1.82) is 0 Å². The number of hydrogen-bond donors (Lipinski definition) is 2. The Morgan fingerprint density at radius 1 is 1.00 bits per heavy atom. The van der Waals surface area contributed by atoms with Crippen LogP contribution >= 0.6 is 0 Å². The summed E-state index contributed by atoms with van der Waals surface area (Å²) in [7, 11) is 1.66. The number of aromatic hydroxyl groups is 1. The predicted octanol–water partition coefficient (Wildman–Crippen LogP) is 5.79. The molecule has 29 heavy (non-hydrogen) atoms. The van der Waals surface area contributed by atoms with E-state index in [2.05, 4.69) is 20.8 Å². The summed E-state index contributed by atoms with van der Waals surface area (Å²) in [5.41, 5.74) is 2.10. The number of phenols is 1. The van der Waals surface area contributed by atoms with Crippen molar-refractivity contribution in [3.05, 3.63) is 65.2 Å². The van der Waals surface area contributed by atoms with Crippen LogP contribution in [0.15, 0.2) is 48.5 Å². The third-order valence-corrected chi connectivity index (χ3v) is 7.50. The van der Waals surface area contributed by atoms with E-state index >= 15 is 0 Å². The summed E-state index contributed by atoms with van der Waals surface area (Å²) in [5.74, 6) is 1.43. The van der Waals surface area contributed by atoms with Crippen molar-refractivity contribution < 1.29 is 14.9 Å². The fourth-order valence-corrected chi connectivity index (χ4v) is 5.86. The summed E-state index contributed by atoms with van der Waals surface area (Å²) in [6.07, 6.45) is 8.06. The van der Waals surface area contributed by atoms with Gasteiger partial charge in [-0.15, -0.1) is 0 Å². The van der Waals surface area contributed by atoms with Crippen LogP contribution in [0.2, 0.25) is 0 Å². The first kappa shape index (κ1) is 20.0. The van der Waals surface area contributed by atoms with E-state index in [4.69, 9.17) is 4.74 Å². The molecule has 0 heterocycles.